The van der Waals surface area contributed by atoms with Crippen molar-refractivity contribution in [1.82, 2.24) is 14.3 Å². The number of esters is 1. The minimum absolute atomic E-state index is 0.100. The minimum Gasteiger partial charge on any atom is -0.508 e. The fraction of sp³-hybridized carbons (Fsp3) is 0.333. The number of hydrogen-bond acceptors (Lipinski definition) is 7. The number of nitrogens with zero attached hydrogens (tertiary/aromatic N) is 4. The van der Waals surface area contributed by atoms with Gasteiger partial charge in [-0.25, -0.2) is 9.79 Å². The molecule has 0 saturated heterocycles. The number of rotatable bonds is 5. The third kappa shape index (κ3) is 3.93. The van der Waals surface area contributed by atoms with Gasteiger partial charge < -0.3 is 9.84 Å². The van der Waals surface area contributed by atoms with Crippen LogP contribution in [0.4, 0.5) is 0 Å². The summed E-state index contributed by atoms with van der Waals surface area (Å²) >= 11 is 1.28. The number of thiazole rings is 1. The molecule has 0 saturated carbocycles. The minimum atomic E-state index is -0.705. The zero-order valence-electron chi connectivity index (χ0n) is 19.2. The van der Waals surface area contributed by atoms with Gasteiger partial charge in [0.05, 0.1) is 34.1 Å². The predicted molar refractivity (Wildman–Crippen MR) is 126 cm³/mol. The molecule has 0 amide bonds. The third-order valence-corrected chi connectivity index (χ3v) is 6.72. The molecule has 0 fully saturated rings. The van der Waals surface area contributed by atoms with Crippen molar-refractivity contribution in [2.45, 2.75) is 47.2 Å². The van der Waals surface area contributed by atoms with Gasteiger partial charge in [0.25, 0.3) is 5.56 Å². The van der Waals surface area contributed by atoms with E-state index >= 15 is 0 Å². The summed E-state index contributed by atoms with van der Waals surface area (Å²) in [6.45, 7) is 10.4. The van der Waals surface area contributed by atoms with Crippen molar-refractivity contribution in [2.24, 2.45) is 4.99 Å². The van der Waals surface area contributed by atoms with Gasteiger partial charge in [-0.2, -0.15) is 5.10 Å². The zero-order valence-corrected chi connectivity index (χ0v) is 20.1. The molecule has 172 valence electrons. The Kier molecular flexibility index (Phi) is 6.07. The van der Waals surface area contributed by atoms with E-state index in [9.17, 15) is 14.7 Å². The Bertz CT molecular complexity index is 1440. The largest absolute Gasteiger partial charge is 0.508 e. The highest BCUT2D eigenvalue weighted by Gasteiger charge is 2.33. The number of phenols is 1. The number of benzene rings is 1. The molecular weight excluding hydrogens is 440 g/mol. The SMILES string of the molecule is CCOC(=O)C1=C(C)N=c2s/c(=C\c3c(C)nn(CC)c3C)c(=O)n2[C@H]1c1ccc(O)cc1. The van der Waals surface area contributed by atoms with Crippen LogP contribution in [0.15, 0.2) is 45.3 Å². The van der Waals surface area contributed by atoms with E-state index in [0.717, 1.165) is 23.5 Å². The summed E-state index contributed by atoms with van der Waals surface area (Å²) in [5.74, 6) is -0.412. The molecule has 9 heteroatoms. The molecule has 3 aromatic rings. The maximum Gasteiger partial charge on any atom is 0.338 e. The van der Waals surface area contributed by atoms with Crippen LogP contribution in [-0.2, 0) is 16.1 Å². The van der Waals surface area contributed by atoms with Crippen LogP contribution in [0.25, 0.3) is 6.08 Å². The first kappa shape index (κ1) is 22.7. The molecule has 1 N–H and O–H groups in total. The maximum atomic E-state index is 13.6. The molecule has 4 rings (SSSR count). The highest BCUT2D eigenvalue weighted by Crippen LogP contribution is 2.31. The number of carbonyl (C=O) groups excluding carboxylic acids is 1. The number of carbonyl (C=O) groups is 1. The topological polar surface area (TPSA) is 98.7 Å². The van der Waals surface area contributed by atoms with Gasteiger partial charge in [0.1, 0.15) is 5.75 Å². The fourth-order valence-corrected chi connectivity index (χ4v) is 5.15. The fourth-order valence-electron chi connectivity index (χ4n) is 4.12. The number of phenolic OH excluding ortho intramolecular Hbond substituents is 1. The molecule has 33 heavy (non-hydrogen) atoms. The zero-order chi connectivity index (χ0) is 23.9. The first-order chi connectivity index (χ1) is 15.8. The molecule has 1 atom stereocenters. The number of ether oxygens (including phenoxy) is 1. The molecule has 0 unspecified atom stereocenters. The van der Waals surface area contributed by atoms with Crippen LogP contribution in [0.2, 0.25) is 0 Å². The van der Waals surface area contributed by atoms with Crippen molar-refractivity contribution in [1.29, 1.82) is 0 Å². The third-order valence-electron chi connectivity index (χ3n) is 5.74. The quantitative estimate of drug-likeness (QED) is 0.582. The number of fused-ring (bicyclic) bond motifs is 1. The Morgan fingerprint density at radius 1 is 1.21 bits per heavy atom. The Balaban J connectivity index is 1.97. The lowest BCUT2D eigenvalue weighted by Crippen LogP contribution is -2.39. The smallest absolute Gasteiger partial charge is 0.338 e. The summed E-state index contributed by atoms with van der Waals surface area (Å²) < 4.78 is 9.25. The molecule has 2 aromatic heterocycles. The van der Waals surface area contributed by atoms with Crippen molar-refractivity contribution in [2.75, 3.05) is 6.61 Å². The van der Waals surface area contributed by atoms with Gasteiger partial charge in [0.15, 0.2) is 4.80 Å². The summed E-state index contributed by atoms with van der Waals surface area (Å²) in [7, 11) is 0. The van der Waals surface area contributed by atoms with Crippen molar-refractivity contribution in [3.8, 4) is 5.75 Å². The summed E-state index contributed by atoms with van der Waals surface area (Å²) in [6.07, 6.45) is 1.85. The lowest BCUT2D eigenvalue weighted by Gasteiger charge is -2.24. The van der Waals surface area contributed by atoms with Crippen molar-refractivity contribution in [3.05, 3.63) is 77.7 Å². The van der Waals surface area contributed by atoms with Crippen molar-refractivity contribution < 1.29 is 14.6 Å². The molecule has 0 radical (unpaired) electrons. The Labute approximate surface area is 194 Å². The predicted octanol–water partition coefficient (Wildman–Crippen LogP) is 2.34. The van der Waals surface area contributed by atoms with E-state index < -0.39 is 12.0 Å². The average molecular weight is 467 g/mol. The number of aromatic hydroxyl groups is 1. The van der Waals surface area contributed by atoms with Crippen LogP contribution in [0.1, 0.15) is 49.3 Å². The maximum absolute atomic E-state index is 13.6. The normalized spacial score (nSPS) is 16.0. The molecule has 1 aromatic carbocycles. The monoisotopic (exact) mass is 466 g/mol. The lowest BCUT2D eigenvalue weighted by atomic mass is 9.96. The first-order valence-corrected chi connectivity index (χ1v) is 11.6. The average Bonchev–Trinajstić information content (AvgIpc) is 3.23. The van der Waals surface area contributed by atoms with Crippen LogP contribution >= 0.6 is 11.3 Å². The van der Waals surface area contributed by atoms with Gasteiger partial charge in [-0.15, -0.1) is 0 Å². The number of aryl methyl sites for hydroxylation is 2. The second-order valence-electron chi connectivity index (χ2n) is 7.79. The van der Waals surface area contributed by atoms with Gasteiger partial charge in [-0.3, -0.25) is 14.0 Å². The van der Waals surface area contributed by atoms with Crippen LogP contribution in [-0.4, -0.2) is 32.0 Å². The van der Waals surface area contributed by atoms with Gasteiger partial charge in [0, 0.05) is 17.8 Å². The van der Waals surface area contributed by atoms with Crippen molar-refractivity contribution in [3.63, 3.8) is 0 Å². The van der Waals surface area contributed by atoms with Gasteiger partial charge >= 0.3 is 5.97 Å². The number of allylic oxidation sites excluding steroid dienone is 1. The van der Waals surface area contributed by atoms with E-state index in [1.807, 2.05) is 31.5 Å². The highest BCUT2D eigenvalue weighted by atomic mass is 32.1. The second-order valence-corrected chi connectivity index (χ2v) is 8.80. The van der Waals surface area contributed by atoms with Gasteiger partial charge in [-0.1, -0.05) is 23.5 Å². The lowest BCUT2D eigenvalue weighted by molar-refractivity contribution is -0.139. The van der Waals surface area contributed by atoms with Crippen LogP contribution in [0.5, 0.6) is 5.75 Å². The Hall–Kier alpha value is -3.46. The number of hydrogen-bond donors (Lipinski definition) is 1. The first-order valence-electron chi connectivity index (χ1n) is 10.8. The Morgan fingerprint density at radius 2 is 1.91 bits per heavy atom. The van der Waals surface area contributed by atoms with Crippen LogP contribution in [0.3, 0.4) is 0 Å². The van der Waals surface area contributed by atoms with E-state index in [1.165, 1.54) is 28.0 Å². The highest BCUT2D eigenvalue weighted by molar-refractivity contribution is 7.07. The molecule has 3 heterocycles. The van der Waals surface area contributed by atoms with Crippen LogP contribution < -0.4 is 14.9 Å². The van der Waals surface area contributed by atoms with Crippen LogP contribution in [0, 0.1) is 13.8 Å². The molecule has 8 nitrogen and oxygen atoms in total. The standard InChI is InChI=1S/C24H26N4O4S/c1-6-27-15(5)18(13(3)26-27)12-19-22(30)28-21(16-8-10-17(29)11-9-16)20(23(31)32-7-2)14(4)25-24(28)33-19/h8-12,21,29H,6-7H2,1-5H3/b19-12-/t21-/m0/s1. The summed E-state index contributed by atoms with van der Waals surface area (Å²) in [4.78, 5) is 31.6. The summed E-state index contributed by atoms with van der Waals surface area (Å²) in [6, 6.07) is 5.77. The second kappa shape index (κ2) is 8.82. The molecule has 0 bridgehead atoms. The van der Waals surface area contributed by atoms with E-state index in [4.69, 9.17) is 4.74 Å². The Morgan fingerprint density at radius 3 is 2.52 bits per heavy atom. The van der Waals surface area contributed by atoms with Gasteiger partial charge in [0.2, 0.25) is 0 Å². The molecular formula is C24H26N4O4S. The van der Waals surface area contributed by atoms with Crippen molar-refractivity contribution >= 4 is 23.4 Å². The summed E-state index contributed by atoms with van der Waals surface area (Å²) in [5.41, 5.74) is 4.00. The summed E-state index contributed by atoms with van der Waals surface area (Å²) in [5, 5.41) is 14.3. The van der Waals surface area contributed by atoms with Gasteiger partial charge in [-0.05, 0) is 58.4 Å². The van der Waals surface area contributed by atoms with E-state index in [2.05, 4.69) is 10.1 Å². The molecule has 0 spiro atoms. The van der Waals surface area contributed by atoms with E-state index in [0.29, 0.717) is 26.2 Å². The van der Waals surface area contributed by atoms with E-state index in [-0.39, 0.29) is 17.9 Å². The van der Waals surface area contributed by atoms with E-state index in [1.54, 1.807) is 26.0 Å². The number of aromatic nitrogens is 3. The molecule has 1 aliphatic rings. The molecule has 0 aliphatic carbocycles. The molecule has 1 aliphatic heterocycles.